The quantitative estimate of drug-likeness (QED) is 0.702. The summed E-state index contributed by atoms with van der Waals surface area (Å²) in [7, 11) is -3.70. The summed E-state index contributed by atoms with van der Waals surface area (Å²) in [6.07, 6.45) is 3.90. The lowest BCUT2D eigenvalue weighted by Crippen LogP contribution is -2.48. The molecule has 1 aliphatic heterocycles. The Hall–Kier alpha value is -1.90. The predicted octanol–water partition coefficient (Wildman–Crippen LogP) is 3.68. The summed E-state index contributed by atoms with van der Waals surface area (Å²) in [5, 5.41) is 0.223. The number of likely N-dealkylation sites (tertiary alicyclic amines) is 1. The largest absolute Gasteiger partial charge is 0.489 e. The molecular weight excluding hydrogens is 431 g/mol. The number of pyridine rings is 1. The molecule has 1 aromatic carbocycles. The van der Waals surface area contributed by atoms with Crippen LogP contribution in [-0.4, -0.2) is 48.9 Å². The second kappa shape index (κ2) is 8.32. The van der Waals surface area contributed by atoms with Crippen molar-refractivity contribution in [1.29, 1.82) is 0 Å². The van der Waals surface area contributed by atoms with E-state index >= 15 is 0 Å². The van der Waals surface area contributed by atoms with E-state index in [4.69, 9.17) is 16.3 Å². The zero-order valence-electron chi connectivity index (χ0n) is 17.5. The first-order valence-electron chi connectivity index (χ1n) is 9.70. The van der Waals surface area contributed by atoms with Crippen LogP contribution in [0.4, 0.5) is 4.39 Å². The van der Waals surface area contributed by atoms with Crippen molar-refractivity contribution in [3.63, 3.8) is 0 Å². The number of hydrogen-bond donors (Lipinski definition) is 0. The van der Waals surface area contributed by atoms with Gasteiger partial charge in [0.2, 0.25) is 0 Å². The Bertz CT molecular complexity index is 1100. The molecule has 6 nitrogen and oxygen atoms in total. The molecule has 0 atom stereocenters. The van der Waals surface area contributed by atoms with Gasteiger partial charge >= 0.3 is 0 Å². The number of hydrogen-bond acceptors (Lipinski definition) is 5. The topological polar surface area (TPSA) is 68.6 Å². The maximum absolute atomic E-state index is 14.2. The molecule has 1 aromatic heterocycles. The highest BCUT2D eigenvalue weighted by molar-refractivity contribution is 7.90. The molecule has 0 saturated carbocycles. The Kier molecular flexibility index (Phi) is 6.32. The average molecular weight is 457 g/mol. The van der Waals surface area contributed by atoms with Crippen LogP contribution in [0.25, 0.3) is 5.69 Å². The fraction of sp³-hybridized carbons (Fsp3) is 0.476. The van der Waals surface area contributed by atoms with Crippen molar-refractivity contribution in [2.75, 3.05) is 19.3 Å². The van der Waals surface area contributed by atoms with Gasteiger partial charge in [-0.25, -0.2) is 12.8 Å². The molecule has 9 heteroatoms. The van der Waals surface area contributed by atoms with Crippen LogP contribution in [0.2, 0.25) is 5.02 Å². The van der Waals surface area contributed by atoms with E-state index in [1.165, 1.54) is 18.3 Å². The van der Waals surface area contributed by atoms with Crippen LogP contribution in [0, 0.1) is 5.82 Å². The van der Waals surface area contributed by atoms with Crippen LogP contribution in [0.3, 0.4) is 0 Å². The molecule has 2 aromatic rings. The van der Waals surface area contributed by atoms with Gasteiger partial charge in [-0.2, -0.15) is 0 Å². The van der Waals surface area contributed by atoms with E-state index in [0.29, 0.717) is 5.75 Å². The molecule has 2 heterocycles. The highest BCUT2D eigenvalue weighted by Crippen LogP contribution is 2.28. The summed E-state index contributed by atoms with van der Waals surface area (Å²) in [4.78, 5) is 14.6. The van der Waals surface area contributed by atoms with Crippen molar-refractivity contribution < 1.29 is 17.5 Å². The van der Waals surface area contributed by atoms with Gasteiger partial charge in [0.25, 0.3) is 5.56 Å². The molecule has 0 spiro atoms. The number of aromatic nitrogens is 1. The minimum absolute atomic E-state index is 0.0390. The third-order valence-electron chi connectivity index (χ3n) is 5.25. The molecule has 30 heavy (non-hydrogen) atoms. The maximum Gasteiger partial charge on any atom is 0.258 e. The Morgan fingerprint density at radius 1 is 1.17 bits per heavy atom. The van der Waals surface area contributed by atoms with Crippen LogP contribution >= 0.6 is 11.6 Å². The third kappa shape index (κ3) is 5.04. The van der Waals surface area contributed by atoms with Crippen LogP contribution in [0.15, 0.2) is 40.2 Å². The highest BCUT2D eigenvalue weighted by atomic mass is 35.5. The maximum atomic E-state index is 14.2. The summed E-state index contributed by atoms with van der Waals surface area (Å²) in [5.41, 5.74) is -0.171. The van der Waals surface area contributed by atoms with Crippen molar-refractivity contribution in [2.24, 2.45) is 0 Å². The van der Waals surface area contributed by atoms with Crippen LogP contribution in [-0.2, 0) is 9.84 Å². The van der Waals surface area contributed by atoms with Crippen molar-refractivity contribution in [1.82, 2.24) is 9.47 Å². The summed E-state index contributed by atoms with van der Waals surface area (Å²) in [6.45, 7) is 8.33. The molecule has 0 aliphatic carbocycles. The van der Waals surface area contributed by atoms with Gasteiger partial charge in [-0.15, -0.1) is 0 Å². The lowest BCUT2D eigenvalue weighted by atomic mass is 9.99. The predicted molar refractivity (Wildman–Crippen MR) is 115 cm³/mol. The molecule has 3 rings (SSSR count). The van der Waals surface area contributed by atoms with Gasteiger partial charge in [-0.1, -0.05) is 11.6 Å². The lowest BCUT2D eigenvalue weighted by molar-refractivity contribution is 0.0491. The molecule has 0 amide bonds. The molecule has 1 aliphatic rings. The molecule has 164 valence electrons. The molecule has 0 radical (unpaired) electrons. The molecule has 1 saturated heterocycles. The fourth-order valence-corrected chi connectivity index (χ4v) is 4.47. The Labute approximate surface area is 181 Å². The Morgan fingerprint density at radius 2 is 1.80 bits per heavy atom. The van der Waals surface area contributed by atoms with Gasteiger partial charge in [0.1, 0.15) is 22.6 Å². The molecule has 0 unspecified atom stereocenters. The van der Waals surface area contributed by atoms with E-state index in [0.717, 1.165) is 48.9 Å². The number of piperidine rings is 1. The first-order chi connectivity index (χ1) is 13.9. The number of nitrogens with zero attached hydrogens (tertiary/aromatic N) is 2. The second-order valence-electron chi connectivity index (χ2n) is 8.56. The summed E-state index contributed by atoms with van der Waals surface area (Å²) in [6, 6.07) is 4.77. The number of halogens is 2. The van der Waals surface area contributed by atoms with Crippen LogP contribution < -0.4 is 10.3 Å². The first-order valence-corrected chi connectivity index (χ1v) is 12.0. The van der Waals surface area contributed by atoms with E-state index in [-0.39, 0.29) is 22.4 Å². The number of ether oxygens (including phenoxy) is 1. The number of benzene rings is 1. The highest BCUT2D eigenvalue weighted by Gasteiger charge is 2.28. The Balaban J connectivity index is 1.80. The van der Waals surface area contributed by atoms with Crippen molar-refractivity contribution in [3.05, 3.63) is 51.7 Å². The fourth-order valence-electron chi connectivity index (χ4n) is 3.55. The van der Waals surface area contributed by atoms with Gasteiger partial charge in [0.15, 0.2) is 9.84 Å². The number of sulfone groups is 1. The van der Waals surface area contributed by atoms with E-state index < -0.39 is 26.1 Å². The summed E-state index contributed by atoms with van der Waals surface area (Å²) >= 11 is 6.33. The first kappa shape index (κ1) is 22.8. The standard InChI is InChI=1S/C21H26ClFN2O4S/c1-21(2,3)24-9-7-15(8-10-24)29-18-12-20(26)25(13-16(18)22)14-5-6-19(17(23)11-14)30(4,27)28/h5-6,11-13,15H,7-10H2,1-4H3. The molecule has 1 fully saturated rings. The van der Waals surface area contributed by atoms with Crippen LogP contribution in [0.1, 0.15) is 33.6 Å². The van der Waals surface area contributed by atoms with E-state index in [9.17, 15) is 17.6 Å². The van der Waals surface area contributed by atoms with E-state index in [1.54, 1.807) is 0 Å². The van der Waals surface area contributed by atoms with Gasteiger partial charge in [0, 0.05) is 37.1 Å². The Morgan fingerprint density at radius 3 is 2.33 bits per heavy atom. The monoisotopic (exact) mass is 456 g/mol. The van der Waals surface area contributed by atoms with E-state index in [1.807, 2.05) is 0 Å². The molecule has 0 bridgehead atoms. The SMILES string of the molecule is CC(C)(C)N1CCC(Oc2cc(=O)n(-c3ccc(S(C)(=O)=O)c(F)c3)cc2Cl)CC1. The minimum Gasteiger partial charge on any atom is -0.489 e. The van der Waals surface area contributed by atoms with Gasteiger partial charge in [-0.3, -0.25) is 14.3 Å². The van der Waals surface area contributed by atoms with E-state index in [2.05, 4.69) is 25.7 Å². The van der Waals surface area contributed by atoms with Crippen LogP contribution in [0.5, 0.6) is 5.75 Å². The van der Waals surface area contributed by atoms with Gasteiger partial charge < -0.3 is 4.74 Å². The second-order valence-corrected chi connectivity index (χ2v) is 10.9. The zero-order chi connectivity index (χ0) is 22.3. The van der Waals surface area contributed by atoms with Gasteiger partial charge in [-0.05, 0) is 51.8 Å². The lowest BCUT2D eigenvalue weighted by Gasteiger charge is -2.40. The van der Waals surface area contributed by atoms with Crippen molar-refractivity contribution >= 4 is 21.4 Å². The summed E-state index contributed by atoms with van der Waals surface area (Å²) in [5.74, 6) is -0.635. The molecular formula is C21H26ClFN2O4S. The zero-order valence-corrected chi connectivity index (χ0v) is 19.1. The number of rotatable bonds is 4. The van der Waals surface area contributed by atoms with Crippen molar-refractivity contribution in [3.8, 4) is 11.4 Å². The van der Waals surface area contributed by atoms with Crippen molar-refractivity contribution in [2.45, 2.75) is 50.2 Å². The average Bonchev–Trinajstić information content (AvgIpc) is 2.63. The smallest absolute Gasteiger partial charge is 0.258 e. The minimum atomic E-state index is -3.70. The summed E-state index contributed by atoms with van der Waals surface area (Å²) < 4.78 is 44.5. The normalized spacial score (nSPS) is 16.6. The third-order valence-corrected chi connectivity index (χ3v) is 6.66. The molecule has 0 N–H and O–H groups in total. The van der Waals surface area contributed by atoms with Gasteiger partial charge in [0.05, 0.1) is 10.7 Å².